The number of thioether (sulfide) groups is 1. The van der Waals surface area contributed by atoms with Gasteiger partial charge >= 0.3 is 0 Å². The minimum atomic E-state index is 0.0995. The molecule has 0 spiro atoms. The summed E-state index contributed by atoms with van der Waals surface area (Å²) in [6, 6.07) is 0.324. The molecule has 94 valence electrons. The van der Waals surface area contributed by atoms with Crippen LogP contribution in [0.1, 0.15) is 26.7 Å². The molecule has 0 aliphatic carbocycles. The standard InChI is InChI=1S/C12H24N2OS/c1-4-8-16-9-7-13-10-12(15)14-11(5-2)6-3/h4,11,13H,1,5-10H2,2-3H3,(H,14,15). The topological polar surface area (TPSA) is 41.1 Å². The van der Waals surface area contributed by atoms with Crippen LogP contribution in [0.25, 0.3) is 0 Å². The fourth-order valence-electron chi connectivity index (χ4n) is 1.28. The molecule has 0 atom stereocenters. The lowest BCUT2D eigenvalue weighted by molar-refractivity contribution is -0.120. The first-order valence-electron chi connectivity index (χ1n) is 5.93. The van der Waals surface area contributed by atoms with E-state index in [1.54, 1.807) is 0 Å². The molecule has 3 nitrogen and oxygen atoms in total. The van der Waals surface area contributed by atoms with Crippen molar-refractivity contribution in [2.24, 2.45) is 0 Å². The van der Waals surface area contributed by atoms with Crippen LogP contribution in [0.4, 0.5) is 0 Å². The van der Waals surface area contributed by atoms with Gasteiger partial charge in [-0.1, -0.05) is 19.9 Å². The Labute approximate surface area is 103 Å². The molecule has 0 heterocycles. The highest BCUT2D eigenvalue weighted by molar-refractivity contribution is 7.99. The van der Waals surface area contributed by atoms with Gasteiger partial charge in [0, 0.05) is 24.1 Å². The summed E-state index contributed by atoms with van der Waals surface area (Å²) in [5, 5.41) is 6.12. The molecule has 0 rings (SSSR count). The Bertz CT molecular complexity index is 193. The Morgan fingerprint density at radius 2 is 2.12 bits per heavy atom. The number of amides is 1. The fraction of sp³-hybridized carbons (Fsp3) is 0.750. The van der Waals surface area contributed by atoms with Crippen LogP contribution in [0.5, 0.6) is 0 Å². The van der Waals surface area contributed by atoms with Crippen molar-refractivity contribution >= 4 is 17.7 Å². The average Bonchev–Trinajstić information content (AvgIpc) is 2.30. The van der Waals surface area contributed by atoms with Gasteiger partial charge in [0.1, 0.15) is 0 Å². The van der Waals surface area contributed by atoms with Crippen molar-refractivity contribution < 1.29 is 4.79 Å². The monoisotopic (exact) mass is 244 g/mol. The third-order valence-corrected chi connectivity index (χ3v) is 3.26. The van der Waals surface area contributed by atoms with Gasteiger partial charge in [-0.05, 0) is 12.8 Å². The number of carbonyl (C=O) groups is 1. The Hall–Kier alpha value is -0.480. The van der Waals surface area contributed by atoms with Gasteiger partial charge in [-0.15, -0.1) is 6.58 Å². The number of carbonyl (C=O) groups excluding carboxylic acids is 1. The molecule has 0 aromatic carbocycles. The van der Waals surface area contributed by atoms with Crippen LogP contribution in [0.3, 0.4) is 0 Å². The summed E-state index contributed by atoms with van der Waals surface area (Å²) in [6.07, 6.45) is 3.89. The second-order valence-corrected chi connectivity index (χ2v) is 4.77. The summed E-state index contributed by atoms with van der Waals surface area (Å²) < 4.78 is 0. The van der Waals surface area contributed by atoms with E-state index in [2.05, 4.69) is 31.1 Å². The molecule has 2 N–H and O–H groups in total. The van der Waals surface area contributed by atoms with Crippen molar-refractivity contribution in [2.75, 3.05) is 24.6 Å². The van der Waals surface area contributed by atoms with Gasteiger partial charge in [-0.3, -0.25) is 4.79 Å². The number of nitrogens with one attached hydrogen (secondary N) is 2. The normalized spacial score (nSPS) is 10.4. The SMILES string of the molecule is C=CCSCCNCC(=O)NC(CC)CC. The lowest BCUT2D eigenvalue weighted by Gasteiger charge is -2.14. The molecule has 0 bridgehead atoms. The Balaban J connectivity index is 3.39. The number of hydrogen-bond donors (Lipinski definition) is 2. The summed E-state index contributed by atoms with van der Waals surface area (Å²) in [5.74, 6) is 2.09. The van der Waals surface area contributed by atoms with Crippen molar-refractivity contribution in [1.82, 2.24) is 10.6 Å². The van der Waals surface area contributed by atoms with E-state index >= 15 is 0 Å². The van der Waals surface area contributed by atoms with Crippen LogP contribution in [0.15, 0.2) is 12.7 Å². The maximum Gasteiger partial charge on any atom is 0.234 e. The van der Waals surface area contributed by atoms with Gasteiger partial charge in [0.2, 0.25) is 5.91 Å². The highest BCUT2D eigenvalue weighted by Gasteiger charge is 2.06. The van der Waals surface area contributed by atoms with Gasteiger partial charge in [-0.2, -0.15) is 11.8 Å². The van der Waals surface area contributed by atoms with Crippen molar-refractivity contribution in [2.45, 2.75) is 32.7 Å². The molecule has 0 aromatic rings. The van der Waals surface area contributed by atoms with Crippen molar-refractivity contribution in [1.29, 1.82) is 0 Å². The first-order chi connectivity index (χ1) is 7.74. The zero-order chi connectivity index (χ0) is 12.2. The van der Waals surface area contributed by atoms with Crippen LogP contribution in [-0.2, 0) is 4.79 Å². The van der Waals surface area contributed by atoms with Crippen molar-refractivity contribution in [3.05, 3.63) is 12.7 Å². The molecule has 0 saturated carbocycles. The van der Waals surface area contributed by atoms with E-state index < -0.39 is 0 Å². The Kier molecular flexibility index (Phi) is 10.7. The minimum absolute atomic E-state index is 0.0995. The molecule has 4 heteroatoms. The van der Waals surface area contributed by atoms with Gasteiger partial charge in [-0.25, -0.2) is 0 Å². The zero-order valence-corrected chi connectivity index (χ0v) is 11.2. The van der Waals surface area contributed by atoms with Gasteiger partial charge in [0.05, 0.1) is 6.54 Å². The Morgan fingerprint density at radius 1 is 1.44 bits per heavy atom. The van der Waals surface area contributed by atoms with Crippen LogP contribution in [0.2, 0.25) is 0 Å². The second kappa shape index (κ2) is 11.0. The number of hydrogen-bond acceptors (Lipinski definition) is 3. The Morgan fingerprint density at radius 3 is 2.69 bits per heavy atom. The van der Waals surface area contributed by atoms with Gasteiger partial charge in [0.15, 0.2) is 0 Å². The predicted molar refractivity (Wildman–Crippen MR) is 72.9 cm³/mol. The van der Waals surface area contributed by atoms with E-state index in [0.29, 0.717) is 12.6 Å². The molecule has 0 saturated heterocycles. The van der Waals surface area contributed by atoms with E-state index in [0.717, 1.165) is 30.9 Å². The molecule has 1 amide bonds. The summed E-state index contributed by atoms with van der Waals surface area (Å²) in [4.78, 5) is 11.5. The second-order valence-electron chi connectivity index (χ2n) is 3.62. The maximum absolute atomic E-state index is 11.5. The van der Waals surface area contributed by atoms with E-state index in [-0.39, 0.29) is 5.91 Å². The highest BCUT2D eigenvalue weighted by atomic mass is 32.2. The molecular formula is C12H24N2OS. The average molecular weight is 244 g/mol. The predicted octanol–water partition coefficient (Wildman–Crippen LogP) is 1.80. The summed E-state index contributed by atoms with van der Waals surface area (Å²) in [5.41, 5.74) is 0. The summed E-state index contributed by atoms with van der Waals surface area (Å²) in [6.45, 7) is 9.13. The van der Waals surface area contributed by atoms with E-state index in [1.165, 1.54) is 0 Å². The maximum atomic E-state index is 11.5. The van der Waals surface area contributed by atoms with Crippen LogP contribution >= 0.6 is 11.8 Å². The molecule has 0 fully saturated rings. The van der Waals surface area contributed by atoms with Crippen LogP contribution < -0.4 is 10.6 Å². The third-order valence-electron chi connectivity index (χ3n) is 2.30. The smallest absolute Gasteiger partial charge is 0.234 e. The molecule has 0 unspecified atom stereocenters. The first-order valence-corrected chi connectivity index (χ1v) is 7.08. The molecule has 16 heavy (non-hydrogen) atoms. The van der Waals surface area contributed by atoms with E-state index in [9.17, 15) is 4.79 Å². The van der Waals surface area contributed by atoms with Crippen LogP contribution in [0, 0.1) is 0 Å². The lowest BCUT2D eigenvalue weighted by Crippen LogP contribution is -2.40. The first kappa shape index (κ1) is 15.5. The third kappa shape index (κ3) is 8.80. The molecule has 0 aromatic heterocycles. The van der Waals surface area contributed by atoms with Gasteiger partial charge in [0.25, 0.3) is 0 Å². The molecular weight excluding hydrogens is 220 g/mol. The lowest BCUT2D eigenvalue weighted by atomic mass is 10.2. The van der Waals surface area contributed by atoms with E-state index in [1.807, 2.05) is 17.8 Å². The van der Waals surface area contributed by atoms with Crippen molar-refractivity contribution in [3.8, 4) is 0 Å². The van der Waals surface area contributed by atoms with Crippen molar-refractivity contribution in [3.63, 3.8) is 0 Å². The zero-order valence-electron chi connectivity index (χ0n) is 10.4. The van der Waals surface area contributed by atoms with Crippen LogP contribution in [-0.4, -0.2) is 36.5 Å². The summed E-state index contributed by atoms with van der Waals surface area (Å²) >= 11 is 1.82. The molecule has 0 aliphatic heterocycles. The van der Waals surface area contributed by atoms with Gasteiger partial charge < -0.3 is 10.6 Å². The molecule has 0 aliphatic rings. The summed E-state index contributed by atoms with van der Waals surface area (Å²) in [7, 11) is 0. The largest absolute Gasteiger partial charge is 0.352 e. The minimum Gasteiger partial charge on any atom is -0.352 e. The quantitative estimate of drug-likeness (QED) is 0.455. The van der Waals surface area contributed by atoms with E-state index in [4.69, 9.17) is 0 Å². The number of rotatable bonds is 10. The fourth-order valence-corrected chi connectivity index (χ4v) is 1.91. The molecule has 0 radical (unpaired) electrons. The highest BCUT2D eigenvalue weighted by Crippen LogP contribution is 1.97.